The van der Waals surface area contributed by atoms with Gasteiger partial charge in [0.05, 0.1) is 28.7 Å². The fourth-order valence-corrected chi connectivity index (χ4v) is 3.88. The summed E-state index contributed by atoms with van der Waals surface area (Å²) >= 11 is 7.08. The first-order valence-corrected chi connectivity index (χ1v) is 9.01. The topological polar surface area (TPSA) is 49.9 Å². The van der Waals surface area contributed by atoms with Crippen molar-refractivity contribution in [2.75, 3.05) is 6.61 Å². The summed E-state index contributed by atoms with van der Waals surface area (Å²) in [5.41, 5.74) is 3.15. The second-order valence-electron chi connectivity index (χ2n) is 5.11. The summed E-state index contributed by atoms with van der Waals surface area (Å²) in [5, 5.41) is 3.42. The summed E-state index contributed by atoms with van der Waals surface area (Å²) in [6.07, 6.45) is 0. The van der Waals surface area contributed by atoms with E-state index in [0.717, 1.165) is 37.1 Å². The molecule has 0 unspecified atom stereocenters. The van der Waals surface area contributed by atoms with E-state index in [1.807, 2.05) is 37.3 Å². The number of para-hydroxylation sites is 2. The number of ether oxygens (including phenoxy) is 1. The fourth-order valence-electron chi connectivity index (χ4n) is 2.46. The zero-order valence-electron chi connectivity index (χ0n) is 12.7. The third kappa shape index (κ3) is 3.94. The SMILES string of the molecule is CCOc1c(Br)cc(Br)cc1CNCc1nc2ccccc2[nH]1. The molecule has 0 atom stereocenters. The lowest BCUT2D eigenvalue weighted by Gasteiger charge is -2.13. The van der Waals surface area contributed by atoms with Crippen molar-refractivity contribution in [3.63, 3.8) is 0 Å². The van der Waals surface area contributed by atoms with Crippen LogP contribution in [0.25, 0.3) is 11.0 Å². The Bertz CT molecular complexity index is 784. The molecule has 0 aliphatic heterocycles. The van der Waals surface area contributed by atoms with Crippen LogP contribution in [0, 0.1) is 0 Å². The van der Waals surface area contributed by atoms with Crippen molar-refractivity contribution in [1.29, 1.82) is 0 Å². The molecule has 0 radical (unpaired) electrons. The Labute approximate surface area is 151 Å². The van der Waals surface area contributed by atoms with Gasteiger partial charge in [-0.25, -0.2) is 4.98 Å². The first-order valence-electron chi connectivity index (χ1n) is 7.42. The molecule has 6 heteroatoms. The highest BCUT2D eigenvalue weighted by Crippen LogP contribution is 2.33. The minimum Gasteiger partial charge on any atom is -0.492 e. The zero-order chi connectivity index (χ0) is 16.2. The molecule has 0 bridgehead atoms. The van der Waals surface area contributed by atoms with Gasteiger partial charge in [-0.1, -0.05) is 28.1 Å². The van der Waals surface area contributed by atoms with E-state index in [9.17, 15) is 0 Å². The quantitative estimate of drug-likeness (QED) is 0.582. The molecule has 0 saturated carbocycles. The lowest BCUT2D eigenvalue weighted by atomic mass is 10.2. The highest BCUT2D eigenvalue weighted by molar-refractivity contribution is 9.11. The van der Waals surface area contributed by atoms with E-state index in [-0.39, 0.29) is 0 Å². The fraction of sp³-hybridized carbons (Fsp3) is 0.235. The summed E-state index contributed by atoms with van der Waals surface area (Å²) in [5.74, 6) is 1.81. The Hall–Kier alpha value is -1.37. The third-order valence-electron chi connectivity index (χ3n) is 3.42. The van der Waals surface area contributed by atoms with Crippen LogP contribution in [-0.4, -0.2) is 16.6 Å². The number of benzene rings is 2. The number of nitrogens with one attached hydrogen (secondary N) is 2. The maximum absolute atomic E-state index is 5.74. The van der Waals surface area contributed by atoms with Crippen molar-refractivity contribution in [3.8, 4) is 5.75 Å². The maximum atomic E-state index is 5.74. The average molecular weight is 439 g/mol. The van der Waals surface area contributed by atoms with Crippen LogP contribution in [0.1, 0.15) is 18.3 Å². The molecule has 3 rings (SSSR count). The van der Waals surface area contributed by atoms with Crippen molar-refractivity contribution in [3.05, 3.63) is 56.7 Å². The summed E-state index contributed by atoms with van der Waals surface area (Å²) in [6.45, 7) is 3.99. The van der Waals surface area contributed by atoms with Crippen LogP contribution in [0.4, 0.5) is 0 Å². The predicted octanol–water partition coefficient (Wildman–Crippen LogP) is 4.78. The van der Waals surface area contributed by atoms with E-state index in [1.54, 1.807) is 0 Å². The van der Waals surface area contributed by atoms with E-state index >= 15 is 0 Å². The van der Waals surface area contributed by atoms with E-state index in [4.69, 9.17) is 4.74 Å². The molecule has 1 aromatic heterocycles. The van der Waals surface area contributed by atoms with Crippen molar-refractivity contribution in [2.45, 2.75) is 20.0 Å². The lowest BCUT2D eigenvalue weighted by molar-refractivity contribution is 0.333. The molecular weight excluding hydrogens is 422 g/mol. The van der Waals surface area contributed by atoms with Gasteiger partial charge >= 0.3 is 0 Å². The van der Waals surface area contributed by atoms with Crippen LogP contribution in [0.15, 0.2) is 45.3 Å². The molecule has 4 nitrogen and oxygen atoms in total. The van der Waals surface area contributed by atoms with Crippen molar-refractivity contribution < 1.29 is 4.74 Å². The van der Waals surface area contributed by atoms with Gasteiger partial charge in [-0.2, -0.15) is 0 Å². The predicted molar refractivity (Wildman–Crippen MR) is 99.6 cm³/mol. The molecule has 0 spiro atoms. The number of aromatic amines is 1. The second-order valence-corrected chi connectivity index (χ2v) is 6.88. The Balaban J connectivity index is 1.70. The third-order valence-corrected chi connectivity index (χ3v) is 4.47. The van der Waals surface area contributed by atoms with Crippen LogP contribution in [0.2, 0.25) is 0 Å². The Morgan fingerprint density at radius 3 is 2.78 bits per heavy atom. The number of hydrogen-bond donors (Lipinski definition) is 2. The van der Waals surface area contributed by atoms with E-state index in [0.29, 0.717) is 19.7 Å². The van der Waals surface area contributed by atoms with E-state index in [1.165, 1.54) is 0 Å². The van der Waals surface area contributed by atoms with Crippen LogP contribution in [0.5, 0.6) is 5.75 Å². The van der Waals surface area contributed by atoms with Crippen molar-refractivity contribution in [2.24, 2.45) is 0 Å². The number of aromatic nitrogens is 2. The Morgan fingerprint density at radius 1 is 1.17 bits per heavy atom. The van der Waals surface area contributed by atoms with Gasteiger partial charge in [-0.3, -0.25) is 0 Å². The summed E-state index contributed by atoms with van der Waals surface area (Å²) in [6, 6.07) is 12.1. The largest absolute Gasteiger partial charge is 0.492 e. The summed E-state index contributed by atoms with van der Waals surface area (Å²) < 4.78 is 7.72. The van der Waals surface area contributed by atoms with Gasteiger partial charge < -0.3 is 15.0 Å². The Kier molecular flexibility index (Phi) is 5.35. The van der Waals surface area contributed by atoms with Crippen molar-refractivity contribution in [1.82, 2.24) is 15.3 Å². The number of H-pyrrole nitrogens is 1. The molecule has 23 heavy (non-hydrogen) atoms. The number of imidazole rings is 1. The zero-order valence-corrected chi connectivity index (χ0v) is 15.9. The van der Waals surface area contributed by atoms with Gasteiger partial charge in [0.1, 0.15) is 11.6 Å². The summed E-state index contributed by atoms with van der Waals surface area (Å²) in [7, 11) is 0. The second kappa shape index (κ2) is 7.47. The summed E-state index contributed by atoms with van der Waals surface area (Å²) in [4.78, 5) is 7.89. The average Bonchev–Trinajstić information content (AvgIpc) is 2.93. The molecule has 3 aromatic rings. The maximum Gasteiger partial charge on any atom is 0.138 e. The molecule has 0 aliphatic rings. The number of rotatable bonds is 6. The molecule has 2 N–H and O–H groups in total. The first-order chi connectivity index (χ1) is 11.2. The molecule has 0 fully saturated rings. The molecule has 1 heterocycles. The van der Waals surface area contributed by atoms with Gasteiger partial charge in [-0.05, 0) is 47.1 Å². The minimum absolute atomic E-state index is 0.636. The van der Waals surface area contributed by atoms with Crippen LogP contribution >= 0.6 is 31.9 Å². The normalized spacial score (nSPS) is 11.1. The number of hydrogen-bond acceptors (Lipinski definition) is 3. The lowest BCUT2D eigenvalue weighted by Crippen LogP contribution is -2.15. The number of nitrogens with zero attached hydrogens (tertiary/aromatic N) is 1. The van der Waals surface area contributed by atoms with Crippen molar-refractivity contribution >= 4 is 42.9 Å². The Morgan fingerprint density at radius 2 is 2.00 bits per heavy atom. The molecule has 2 aromatic carbocycles. The first kappa shape index (κ1) is 16.5. The van der Waals surface area contributed by atoms with Gasteiger partial charge in [0.15, 0.2) is 0 Å². The minimum atomic E-state index is 0.636. The van der Waals surface area contributed by atoms with Gasteiger partial charge in [-0.15, -0.1) is 0 Å². The van der Waals surface area contributed by atoms with Crippen LogP contribution in [-0.2, 0) is 13.1 Å². The van der Waals surface area contributed by atoms with E-state index in [2.05, 4.69) is 53.2 Å². The molecular formula is C17H17Br2N3O. The monoisotopic (exact) mass is 437 g/mol. The van der Waals surface area contributed by atoms with E-state index < -0.39 is 0 Å². The smallest absolute Gasteiger partial charge is 0.138 e. The molecule has 0 aliphatic carbocycles. The molecule has 0 amide bonds. The van der Waals surface area contributed by atoms with Crippen LogP contribution < -0.4 is 10.1 Å². The highest BCUT2D eigenvalue weighted by atomic mass is 79.9. The van der Waals surface area contributed by atoms with Gasteiger partial charge in [0, 0.05) is 16.6 Å². The standard InChI is InChI=1S/C17H17Br2N3O/c1-2-23-17-11(7-12(18)8-13(17)19)9-20-10-16-21-14-5-3-4-6-15(14)22-16/h3-8,20H,2,9-10H2,1H3,(H,21,22). The number of fused-ring (bicyclic) bond motifs is 1. The highest BCUT2D eigenvalue weighted by Gasteiger charge is 2.10. The molecule has 0 saturated heterocycles. The van der Waals surface area contributed by atoms with Crippen LogP contribution in [0.3, 0.4) is 0 Å². The van der Waals surface area contributed by atoms with Gasteiger partial charge in [0.25, 0.3) is 0 Å². The van der Waals surface area contributed by atoms with Gasteiger partial charge in [0.2, 0.25) is 0 Å². The molecule has 120 valence electrons. The number of halogens is 2.